The van der Waals surface area contributed by atoms with Crippen molar-refractivity contribution in [1.82, 2.24) is 9.88 Å². The van der Waals surface area contributed by atoms with E-state index in [1.807, 2.05) is 37.4 Å². The Bertz CT molecular complexity index is 521. The fourth-order valence-electron chi connectivity index (χ4n) is 1.95. The Morgan fingerprint density at radius 3 is 2.94 bits per heavy atom. The summed E-state index contributed by atoms with van der Waals surface area (Å²) < 4.78 is 0. The Morgan fingerprint density at radius 1 is 1.41 bits per heavy atom. The van der Waals surface area contributed by atoms with Crippen molar-refractivity contribution in [3.8, 4) is 0 Å². The highest BCUT2D eigenvalue weighted by molar-refractivity contribution is 6.27. The summed E-state index contributed by atoms with van der Waals surface area (Å²) in [6.45, 7) is 3.24. The van der Waals surface area contributed by atoms with Gasteiger partial charge >= 0.3 is 0 Å². The molecule has 0 spiro atoms. The van der Waals surface area contributed by atoms with Crippen LogP contribution < -0.4 is 0 Å². The maximum atomic E-state index is 11.6. The third kappa shape index (κ3) is 2.44. The van der Waals surface area contributed by atoms with Gasteiger partial charge in [-0.25, -0.2) is 0 Å². The molecule has 17 heavy (non-hydrogen) atoms. The first kappa shape index (κ1) is 12.0. The molecule has 1 heterocycles. The Balaban J connectivity index is 2.28. The van der Waals surface area contributed by atoms with E-state index in [1.165, 1.54) is 0 Å². The number of nitrogens with one attached hydrogen (secondary N) is 1. The monoisotopic (exact) mass is 250 g/mol. The van der Waals surface area contributed by atoms with Gasteiger partial charge < -0.3 is 9.88 Å². The molecule has 1 amide bonds. The maximum Gasteiger partial charge on any atom is 0.237 e. The molecule has 0 unspecified atom stereocenters. The van der Waals surface area contributed by atoms with Crippen molar-refractivity contribution in [1.29, 1.82) is 0 Å². The second-order valence-corrected chi connectivity index (χ2v) is 4.16. The van der Waals surface area contributed by atoms with E-state index in [4.69, 9.17) is 11.6 Å². The average molecular weight is 251 g/mol. The number of hydrogen-bond donors (Lipinski definition) is 1. The zero-order valence-corrected chi connectivity index (χ0v) is 10.5. The van der Waals surface area contributed by atoms with Crippen molar-refractivity contribution < 1.29 is 4.79 Å². The molecule has 2 rings (SSSR count). The van der Waals surface area contributed by atoms with Crippen LogP contribution in [0.25, 0.3) is 10.9 Å². The lowest BCUT2D eigenvalue weighted by Gasteiger charge is -2.20. The van der Waals surface area contributed by atoms with Crippen LogP contribution in [0.1, 0.15) is 12.5 Å². The number of fused-ring (bicyclic) bond motifs is 1. The molecule has 1 aromatic heterocycles. The van der Waals surface area contributed by atoms with Gasteiger partial charge in [-0.05, 0) is 24.6 Å². The molecule has 0 radical (unpaired) electrons. The van der Waals surface area contributed by atoms with Gasteiger partial charge in [0.15, 0.2) is 0 Å². The topological polar surface area (TPSA) is 36.1 Å². The second-order valence-electron chi connectivity index (χ2n) is 3.90. The molecule has 0 atom stereocenters. The zero-order chi connectivity index (χ0) is 12.3. The third-order valence-corrected chi connectivity index (χ3v) is 3.12. The van der Waals surface area contributed by atoms with Crippen molar-refractivity contribution in [2.75, 3.05) is 12.4 Å². The Labute approximate surface area is 105 Å². The highest BCUT2D eigenvalue weighted by atomic mass is 35.5. The molecule has 3 nitrogen and oxygen atoms in total. The van der Waals surface area contributed by atoms with E-state index < -0.39 is 0 Å². The summed E-state index contributed by atoms with van der Waals surface area (Å²) in [4.78, 5) is 16.5. The number of aromatic amines is 1. The van der Waals surface area contributed by atoms with Crippen LogP contribution in [0.5, 0.6) is 0 Å². The SMILES string of the molecule is CCN(Cc1cccc2[nH]ccc12)C(=O)CCl. The number of nitrogens with zero attached hydrogens (tertiary/aromatic N) is 1. The van der Waals surface area contributed by atoms with E-state index in [9.17, 15) is 4.79 Å². The van der Waals surface area contributed by atoms with Crippen LogP contribution in [-0.2, 0) is 11.3 Å². The zero-order valence-electron chi connectivity index (χ0n) is 9.74. The lowest BCUT2D eigenvalue weighted by molar-refractivity contribution is -0.128. The molecule has 1 N–H and O–H groups in total. The Hall–Kier alpha value is -1.48. The summed E-state index contributed by atoms with van der Waals surface area (Å²) in [6.07, 6.45) is 1.91. The molecule has 0 saturated carbocycles. The van der Waals surface area contributed by atoms with Gasteiger partial charge in [-0.2, -0.15) is 0 Å². The predicted molar refractivity (Wildman–Crippen MR) is 70.1 cm³/mol. The van der Waals surface area contributed by atoms with E-state index in [0.29, 0.717) is 13.1 Å². The summed E-state index contributed by atoms with van der Waals surface area (Å²) in [6, 6.07) is 8.09. The normalized spacial score (nSPS) is 10.7. The lowest BCUT2D eigenvalue weighted by atomic mass is 10.1. The number of aromatic nitrogens is 1. The van der Waals surface area contributed by atoms with Crippen LogP contribution in [0, 0.1) is 0 Å². The standard InChI is InChI=1S/C13H15ClN2O/c1-2-16(13(17)8-14)9-10-4-3-5-12-11(10)6-7-15-12/h3-7,15H,2,8-9H2,1H3. The Morgan fingerprint density at radius 2 is 2.24 bits per heavy atom. The van der Waals surface area contributed by atoms with Crippen LogP contribution in [0.15, 0.2) is 30.5 Å². The first-order chi connectivity index (χ1) is 8.26. The van der Waals surface area contributed by atoms with Crippen LogP contribution in [0.3, 0.4) is 0 Å². The van der Waals surface area contributed by atoms with Gasteiger partial charge in [0.2, 0.25) is 5.91 Å². The fourth-order valence-corrected chi connectivity index (χ4v) is 2.12. The first-order valence-electron chi connectivity index (χ1n) is 5.65. The summed E-state index contributed by atoms with van der Waals surface area (Å²) in [7, 11) is 0. The van der Waals surface area contributed by atoms with Crippen LogP contribution in [-0.4, -0.2) is 28.2 Å². The minimum atomic E-state index is -0.0262. The van der Waals surface area contributed by atoms with Crippen LogP contribution in [0.2, 0.25) is 0 Å². The van der Waals surface area contributed by atoms with Crippen LogP contribution >= 0.6 is 11.6 Å². The van der Waals surface area contributed by atoms with E-state index in [-0.39, 0.29) is 11.8 Å². The van der Waals surface area contributed by atoms with Gasteiger partial charge in [0.25, 0.3) is 0 Å². The summed E-state index contributed by atoms with van der Waals surface area (Å²) in [5, 5.41) is 1.16. The smallest absolute Gasteiger partial charge is 0.237 e. The largest absolute Gasteiger partial charge is 0.361 e. The van der Waals surface area contributed by atoms with Gasteiger partial charge in [0.05, 0.1) is 0 Å². The van der Waals surface area contributed by atoms with Crippen molar-refractivity contribution in [3.05, 3.63) is 36.0 Å². The summed E-state index contributed by atoms with van der Waals surface area (Å²) in [5.41, 5.74) is 2.24. The number of hydrogen-bond acceptors (Lipinski definition) is 1. The number of alkyl halides is 1. The number of H-pyrrole nitrogens is 1. The number of carbonyl (C=O) groups excluding carboxylic acids is 1. The molecule has 0 saturated heterocycles. The van der Waals surface area contributed by atoms with Crippen molar-refractivity contribution in [3.63, 3.8) is 0 Å². The first-order valence-corrected chi connectivity index (χ1v) is 6.18. The molecule has 90 valence electrons. The minimum absolute atomic E-state index is 0.0262. The van der Waals surface area contributed by atoms with E-state index >= 15 is 0 Å². The van der Waals surface area contributed by atoms with E-state index in [2.05, 4.69) is 4.98 Å². The van der Waals surface area contributed by atoms with Gasteiger partial charge in [-0.15, -0.1) is 11.6 Å². The number of halogens is 1. The summed E-state index contributed by atoms with van der Waals surface area (Å²) >= 11 is 5.59. The molecule has 0 aliphatic heterocycles. The fraction of sp³-hybridized carbons (Fsp3) is 0.308. The summed E-state index contributed by atoms with van der Waals surface area (Å²) in [5.74, 6) is 0.0124. The van der Waals surface area contributed by atoms with Crippen molar-refractivity contribution in [2.24, 2.45) is 0 Å². The van der Waals surface area contributed by atoms with Gasteiger partial charge in [-0.3, -0.25) is 4.79 Å². The predicted octanol–water partition coefficient (Wildman–Crippen LogP) is 2.76. The molecule has 2 aromatic rings. The third-order valence-electron chi connectivity index (χ3n) is 2.90. The molecule has 0 aliphatic rings. The average Bonchev–Trinajstić information content (AvgIpc) is 2.83. The second kappa shape index (κ2) is 5.23. The number of rotatable bonds is 4. The van der Waals surface area contributed by atoms with Crippen molar-refractivity contribution in [2.45, 2.75) is 13.5 Å². The highest BCUT2D eigenvalue weighted by Gasteiger charge is 2.12. The number of amides is 1. The highest BCUT2D eigenvalue weighted by Crippen LogP contribution is 2.19. The molecule has 0 aliphatic carbocycles. The van der Waals surface area contributed by atoms with E-state index in [0.717, 1.165) is 16.5 Å². The molecular weight excluding hydrogens is 236 g/mol. The molecule has 0 fully saturated rings. The van der Waals surface area contributed by atoms with E-state index in [1.54, 1.807) is 4.90 Å². The van der Waals surface area contributed by atoms with Crippen LogP contribution in [0.4, 0.5) is 0 Å². The molecular formula is C13H15ClN2O. The molecule has 1 aromatic carbocycles. The minimum Gasteiger partial charge on any atom is -0.361 e. The molecule has 4 heteroatoms. The number of benzene rings is 1. The Kier molecular flexibility index (Phi) is 3.69. The van der Waals surface area contributed by atoms with Gasteiger partial charge in [0.1, 0.15) is 5.88 Å². The number of carbonyl (C=O) groups is 1. The van der Waals surface area contributed by atoms with Gasteiger partial charge in [0, 0.05) is 30.2 Å². The quantitative estimate of drug-likeness (QED) is 0.833. The molecule has 0 bridgehead atoms. The van der Waals surface area contributed by atoms with Crippen molar-refractivity contribution >= 4 is 28.4 Å². The van der Waals surface area contributed by atoms with Gasteiger partial charge in [-0.1, -0.05) is 12.1 Å². The maximum absolute atomic E-state index is 11.6. The lowest BCUT2D eigenvalue weighted by Crippen LogP contribution is -2.31.